The number of amides is 1. The van der Waals surface area contributed by atoms with Crippen molar-refractivity contribution in [3.05, 3.63) is 22.6 Å². The van der Waals surface area contributed by atoms with Gasteiger partial charge in [-0.05, 0) is 30.7 Å². The molecule has 0 aliphatic carbocycles. The van der Waals surface area contributed by atoms with E-state index in [0.717, 1.165) is 11.8 Å². The Bertz CT molecular complexity index is 737. The zero-order chi connectivity index (χ0) is 19.3. The number of carbonyl (C=O) groups is 2. The molecule has 9 heteroatoms. The molecule has 1 aliphatic heterocycles. The number of carbonyl (C=O) groups excluding carboxylic acids is 2. The highest BCUT2D eigenvalue weighted by atomic mass is 32.2. The molecule has 1 aromatic carbocycles. The Morgan fingerprint density at radius 3 is 2.31 bits per heavy atom. The lowest BCUT2D eigenvalue weighted by Gasteiger charge is -2.13. The standard InChI is InChI=1S/C17H19NO6S2/c1-5-24-14(19)9-18-16(20)13(26-17(18)25)8-10-6-11(21-2)15(23-4)12(7-10)22-3/h6-8H,5,9H2,1-4H3/b13-8-. The molecule has 1 heterocycles. The van der Waals surface area contributed by atoms with Crippen molar-refractivity contribution in [2.45, 2.75) is 6.92 Å². The summed E-state index contributed by atoms with van der Waals surface area (Å²) in [5.41, 5.74) is 0.677. The SMILES string of the molecule is CCOC(=O)CN1C(=O)/C(=C/c2cc(OC)c(OC)c(OC)c2)SC1=S. The average Bonchev–Trinajstić information content (AvgIpc) is 2.88. The summed E-state index contributed by atoms with van der Waals surface area (Å²) < 4.78 is 21.1. The van der Waals surface area contributed by atoms with Gasteiger partial charge in [0.05, 0.1) is 32.8 Å². The average molecular weight is 397 g/mol. The van der Waals surface area contributed by atoms with Gasteiger partial charge in [0.1, 0.15) is 10.9 Å². The number of thiocarbonyl (C=S) groups is 1. The Balaban J connectivity index is 2.31. The minimum atomic E-state index is -0.502. The molecule has 140 valence electrons. The molecule has 2 rings (SSSR count). The summed E-state index contributed by atoms with van der Waals surface area (Å²) in [5, 5.41) is 0. The maximum absolute atomic E-state index is 12.5. The van der Waals surface area contributed by atoms with Gasteiger partial charge in [0.2, 0.25) is 5.75 Å². The molecule has 0 aromatic heterocycles. The summed E-state index contributed by atoms with van der Waals surface area (Å²) in [6.07, 6.45) is 1.66. The monoisotopic (exact) mass is 397 g/mol. The zero-order valence-electron chi connectivity index (χ0n) is 14.9. The van der Waals surface area contributed by atoms with Gasteiger partial charge in [-0.15, -0.1) is 0 Å². The smallest absolute Gasteiger partial charge is 0.326 e. The van der Waals surface area contributed by atoms with Gasteiger partial charge in [-0.25, -0.2) is 0 Å². The van der Waals surface area contributed by atoms with E-state index >= 15 is 0 Å². The molecule has 0 spiro atoms. The Labute approximate surface area is 161 Å². The number of benzene rings is 1. The first-order valence-corrected chi connectivity index (χ1v) is 8.88. The number of thioether (sulfide) groups is 1. The van der Waals surface area contributed by atoms with Crippen molar-refractivity contribution in [3.8, 4) is 17.2 Å². The lowest BCUT2D eigenvalue weighted by molar-refractivity contribution is -0.145. The molecule has 0 unspecified atom stereocenters. The Hall–Kier alpha value is -2.26. The third-order valence-corrected chi connectivity index (χ3v) is 4.83. The van der Waals surface area contributed by atoms with E-state index in [-0.39, 0.29) is 19.1 Å². The van der Waals surface area contributed by atoms with Crippen LogP contribution in [0.25, 0.3) is 6.08 Å². The lowest BCUT2D eigenvalue weighted by Crippen LogP contribution is -2.34. The van der Waals surface area contributed by atoms with Gasteiger partial charge < -0.3 is 18.9 Å². The van der Waals surface area contributed by atoms with E-state index < -0.39 is 5.97 Å². The van der Waals surface area contributed by atoms with Crippen LogP contribution in [0, 0.1) is 0 Å². The van der Waals surface area contributed by atoms with Gasteiger partial charge in [0.25, 0.3) is 5.91 Å². The molecule has 1 saturated heterocycles. The molecule has 7 nitrogen and oxygen atoms in total. The van der Waals surface area contributed by atoms with Crippen LogP contribution in [0.5, 0.6) is 17.2 Å². The highest BCUT2D eigenvalue weighted by molar-refractivity contribution is 8.26. The van der Waals surface area contributed by atoms with E-state index in [1.165, 1.54) is 26.2 Å². The molecule has 0 radical (unpaired) electrons. The Kier molecular flexibility index (Phi) is 6.87. The van der Waals surface area contributed by atoms with Crippen molar-refractivity contribution >= 4 is 46.3 Å². The highest BCUT2D eigenvalue weighted by Gasteiger charge is 2.33. The number of rotatable bonds is 7. The van der Waals surface area contributed by atoms with Crippen LogP contribution in [0.4, 0.5) is 0 Å². The minimum absolute atomic E-state index is 0.203. The fourth-order valence-electron chi connectivity index (χ4n) is 2.31. The summed E-state index contributed by atoms with van der Waals surface area (Å²) >= 11 is 6.32. The van der Waals surface area contributed by atoms with Crippen LogP contribution in [-0.4, -0.2) is 55.6 Å². The minimum Gasteiger partial charge on any atom is -0.493 e. The van der Waals surface area contributed by atoms with E-state index in [0.29, 0.717) is 32.0 Å². The summed E-state index contributed by atoms with van der Waals surface area (Å²) in [4.78, 5) is 25.8. The fourth-order valence-corrected chi connectivity index (χ4v) is 3.56. The molecule has 1 amide bonds. The zero-order valence-corrected chi connectivity index (χ0v) is 16.5. The van der Waals surface area contributed by atoms with E-state index in [4.69, 9.17) is 31.2 Å². The molecule has 0 N–H and O–H groups in total. The number of esters is 1. The van der Waals surface area contributed by atoms with Crippen molar-refractivity contribution in [1.82, 2.24) is 4.90 Å². The predicted octanol–water partition coefficient (Wildman–Crippen LogP) is 2.48. The molecule has 0 atom stereocenters. The van der Waals surface area contributed by atoms with Crippen molar-refractivity contribution < 1.29 is 28.5 Å². The van der Waals surface area contributed by atoms with E-state index in [1.54, 1.807) is 25.1 Å². The third kappa shape index (κ3) is 4.28. The van der Waals surface area contributed by atoms with Gasteiger partial charge >= 0.3 is 5.97 Å². The maximum atomic E-state index is 12.5. The van der Waals surface area contributed by atoms with Crippen molar-refractivity contribution in [2.75, 3.05) is 34.5 Å². The van der Waals surface area contributed by atoms with Crippen molar-refractivity contribution in [1.29, 1.82) is 0 Å². The fraction of sp³-hybridized carbons (Fsp3) is 0.353. The molecule has 1 aliphatic rings. The number of methoxy groups -OCH3 is 3. The molecule has 26 heavy (non-hydrogen) atoms. The molecule has 0 saturated carbocycles. The first kappa shape index (κ1) is 20.1. The molecule has 0 bridgehead atoms. The molecular formula is C17H19NO6S2. The van der Waals surface area contributed by atoms with Crippen LogP contribution in [0.15, 0.2) is 17.0 Å². The van der Waals surface area contributed by atoms with Crippen LogP contribution in [0.2, 0.25) is 0 Å². The van der Waals surface area contributed by atoms with Gasteiger partial charge in [-0.3, -0.25) is 14.5 Å². The predicted molar refractivity (Wildman–Crippen MR) is 103 cm³/mol. The number of hydrogen-bond acceptors (Lipinski definition) is 8. The maximum Gasteiger partial charge on any atom is 0.326 e. The summed E-state index contributed by atoms with van der Waals surface area (Å²) in [6, 6.07) is 3.44. The van der Waals surface area contributed by atoms with E-state index in [1.807, 2.05) is 0 Å². The lowest BCUT2D eigenvalue weighted by atomic mass is 10.1. The Morgan fingerprint density at radius 2 is 1.81 bits per heavy atom. The summed E-state index contributed by atoms with van der Waals surface area (Å²) in [7, 11) is 4.54. The molecule has 1 aromatic rings. The number of nitrogens with zero attached hydrogens (tertiary/aromatic N) is 1. The quantitative estimate of drug-likeness (QED) is 0.395. The largest absolute Gasteiger partial charge is 0.493 e. The van der Waals surface area contributed by atoms with Crippen LogP contribution in [-0.2, 0) is 14.3 Å². The second-order valence-corrected chi connectivity index (χ2v) is 6.71. The number of hydrogen-bond donors (Lipinski definition) is 0. The second kappa shape index (κ2) is 8.91. The first-order valence-electron chi connectivity index (χ1n) is 7.66. The van der Waals surface area contributed by atoms with E-state index in [9.17, 15) is 9.59 Å². The van der Waals surface area contributed by atoms with Crippen LogP contribution in [0.1, 0.15) is 12.5 Å². The Morgan fingerprint density at radius 1 is 1.19 bits per heavy atom. The highest BCUT2D eigenvalue weighted by Crippen LogP contribution is 2.40. The van der Waals surface area contributed by atoms with Crippen LogP contribution in [0.3, 0.4) is 0 Å². The van der Waals surface area contributed by atoms with E-state index in [2.05, 4.69) is 0 Å². The second-order valence-electron chi connectivity index (χ2n) is 5.03. The molecular weight excluding hydrogens is 378 g/mol. The van der Waals surface area contributed by atoms with Crippen LogP contribution < -0.4 is 14.2 Å². The summed E-state index contributed by atoms with van der Waals surface area (Å²) in [6.45, 7) is 1.74. The third-order valence-electron chi connectivity index (χ3n) is 3.45. The first-order chi connectivity index (χ1) is 12.4. The van der Waals surface area contributed by atoms with Gasteiger partial charge in [0, 0.05) is 0 Å². The summed E-state index contributed by atoms with van der Waals surface area (Å²) in [5.74, 6) is 0.557. The van der Waals surface area contributed by atoms with Crippen molar-refractivity contribution in [3.63, 3.8) is 0 Å². The van der Waals surface area contributed by atoms with Gasteiger partial charge in [-0.2, -0.15) is 0 Å². The van der Waals surface area contributed by atoms with Gasteiger partial charge in [0.15, 0.2) is 11.5 Å². The van der Waals surface area contributed by atoms with Crippen molar-refractivity contribution in [2.24, 2.45) is 0 Å². The topological polar surface area (TPSA) is 74.3 Å². The normalized spacial score (nSPS) is 15.4. The van der Waals surface area contributed by atoms with Gasteiger partial charge in [-0.1, -0.05) is 24.0 Å². The van der Waals surface area contributed by atoms with Crippen LogP contribution >= 0.6 is 24.0 Å². The number of ether oxygens (including phenoxy) is 4. The molecule has 1 fully saturated rings.